The molecule has 0 bridgehead atoms. The van der Waals surface area contributed by atoms with Gasteiger partial charge in [0, 0.05) is 18.7 Å². The zero-order valence-electron chi connectivity index (χ0n) is 15.4. The third-order valence-corrected chi connectivity index (χ3v) is 5.00. The molecule has 5 nitrogen and oxygen atoms in total. The van der Waals surface area contributed by atoms with E-state index in [-0.39, 0.29) is 0 Å². The first kappa shape index (κ1) is 18.9. The number of thiocarbonyl (C=S) groups is 1. The van der Waals surface area contributed by atoms with Gasteiger partial charge >= 0.3 is 0 Å². The fraction of sp³-hybridized carbons (Fsp3) is 0.450. The average Bonchev–Trinajstić information content (AvgIpc) is 3.15. The summed E-state index contributed by atoms with van der Waals surface area (Å²) in [7, 11) is 0. The summed E-state index contributed by atoms with van der Waals surface area (Å²) in [5.74, 6) is 0.928. The van der Waals surface area contributed by atoms with Crippen LogP contribution < -0.4 is 10.2 Å². The van der Waals surface area contributed by atoms with Crippen LogP contribution in [0.1, 0.15) is 17.7 Å². The average molecular weight is 375 g/mol. The summed E-state index contributed by atoms with van der Waals surface area (Å²) >= 11 is 5.69. The Hall–Kier alpha value is -1.89. The molecule has 26 heavy (non-hydrogen) atoms. The van der Waals surface area contributed by atoms with E-state index in [1.807, 2.05) is 24.3 Å². The summed E-state index contributed by atoms with van der Waals surface area (Å²) in [6.45, 7) is 8.77. The fourth-order valence-electron chi connectivity index (χ4n) is 3.20. The van der Waals surface area contributed by atoms with Gasteiger partial charge in [0.1, 0.15) is 18.8 Å². The van der Waals surface area contributed by atoms with Crippen molar-refractivity contribution in [3.05, 3.63) is 54.0 Å². The van der Waals surface area contributed by atoms with Crippen molar-refractivity contribution in [2.75, 3.05) is 44.7 Å². The van der Waals surface area contributed by atoms with E-state index in [9.17, 15) is 0 Å². The Morgan fingerprint density at radius 2 is 2.08 bits per heavy atom. The molecule has 1 aromatic carbocycles. The Morgan fingerprint density at radius 1 is 1.23 bits per heavy atom. The van der Waals surface area contributed by atoms with Gasteiger partial charge in [-0.3, -0.25) is 0 Å². The molecule has 140 valence electrons. The lowest BCUT2D eigenvalue weighted by Gasteiger charge is -2.27. The summed E-state index contributed by atoms with van der Waals surface area (Å²) in [6.07, 6.45) is 2.80. The van der Waals surface area contributed by atoms with Gasteiger partial charge in [-0.2, -0.15) is 0 Å². The SMILES string of the molecule is Cc1cccc(NC(=S)N(CCC[NH+]2CCOCC2)Cc2ccco2)c1. The third kappa shape index (κ3) is 5.83. The molecule has 2 aromatic rings. The van der Waals surface area contributed by atoms with Crippen LogP contribution in [0, 0.1) is 6.92 Å². The zero-order chi connectivity index (χ0) is 18.2. The van der Waals surface area contributed by atoms with E-state index in [1.54, 1.807) is 11.2 Å². The number of benzene rings is 1. The van der Waals surface area contributed by atoms with Gasteiger partial charge in [-0.05, 0) is 49.0 Å². The summed E-state index contributed by atoms with van der Waals surface area (Å²) in [6, 6.07) is 12.2. The number of quaternary nitrogens is 1. The maximum Gasteiger partial charge on any atom is 0.173 e. The normalized spacial score (nSPS) is 15.0. The van der Waals surface area contributed by atoms with Gasteiger partial charge < -0.3 is 24.3 Å². The van der Waals surface area contributed by atoms with Crippen LogP contribution >= 0.6 is 12.2 Å². The van der Waals surface area contributed by atoms with Crippen molar-refractivity contribution in [3.8, 4) is 0 Å². The van der Waals surface area contributed by atoms with Crippen molar-refractivity contribution in [2.24, 2.45) is 0 Å². The molecule has 1 fully saturated rings. The fourth-order valence-corrected chi connectivity index (χ4v) is 3.47. The summed E-state index contributed by atoms with van der Waals surface area (Å²) in [5.41, 5.74) is 2.24. The molecule has 0 unspecified atom stereocenters. The second-order valence-corrected chi connectivity index (χ2v) is 7.15. The maximum absolute atomic E-state index is 5.69. The standard InChI is InChI=1S/C20H27N3O2S/c1-17-5-2-6-18(15-17)21-20(26)23(16-19-7-3-12-25-19)9-4-8-22-10-13-24-14-11-22/h2-3,5-7,12,15H,4,8-11,13-14,16H2,1H3,(H,21,26)/p+1. The molecule has 2 heterocycles. The van der Waals surface area contributed by atoms with E-state index in [2.05, 4.69) is 29.3 Å². The number of ether oxygens (including phenoxy) is 1. The second-order valence-electron chi connectivity index (χ2n) is 6.77. The molecule has 1 aliphatic heterocycles. The number of nitrogens with one attached hydrogen (secondary N) is 2. The van der Waals surface area contributed by atoms with Crippen molar-refractivity contribution < 1.29 is 14.1 Å². The maximum atomic E-state index is 5.69. The highest BCUT2D eigenvalue weighted by molar-refractivity contribution is 7.80. The van der Waals surface area contributed by atoms with Crippen molar-refractivity contribution in [1.29, 1.82) is 0 Å². The molecule has 1 aromatic heterocycles. The summed E-state index contributed by atoms with van der Waals surface area (Å²) in [4.78, 5) is 3.81. The molecule has 0 aliphatic carbocycles. The lowest BCUT2D eigenvalue weighted by Crippen LogP contribution is -3.14. The van der Waals surface area contributed by atoms with Crippen LogP contribution in [0.2, 0.25) is 0 Å². The highest BCUT2D eigenvalue weighted by Crippen LogP contribution is 2.13. The Kier molecular flexibility index (Phi) is 7.05. The van der Waals surface area contributed by atoms with Gasteiger partial charge in [-0.25, -0.2) is 0 Å². The van der Waals surface area contributed by atoms with Crippen LogP contribution in [0.4, 0.5) is 5.69 Å². The molecule has 0 atom stereocenters. The molecule has 0 radical (unpaired) electrons. The predicted octanol–water partition coefficient (Wildman–Crippen LogP) is 2.09. The van der Waals surface area contributed by atoms with Gasteiger partial charge in [0.25, 0.3) is 0 Å². The van der Waals surface area contributed by atoms with Crippen molar-refractivity contribution in [1.82, 2.24) is 4.90 Å². The van der Waals surface area contributed by atoms with Gasteiger partial charge in [0.05, 0.1) is 32.6 Å². The van der Waals surface area contributed by atoms with E-state index in [1.165, 1.54) is 5.56 Å². The molecule has 0 saturated carbocycles. The number of hydrogen-bond acceptors (Lipinski definition) is 3. The van der Waals surface area contributed by atoms with Gasteiger partial charge in [0.15, 0.2) is 5.11 Å². The molecule has 0 spiro atoms. The highest BCUT2D eigenvalue weighted by atomic mass is 32.1. The third-order valence-electron chi connectivity index (χ3n) is 4.64. The summed E-state index contributed by atoms with van der Waals surface area (Å²) < 4.78 is 11.0. The monoisotopic (exact) mass is 374 g/mol. The van der Waals surface area contributed by atoms with E-state index in [0.717, 1.165) is 62.4 Å². The molecule has 0 amide bonds. The minimum atomic E-state index is 0.684. The molecule has 2 N–H and O–H groups in total. The number of anilines is 1. The van der Waals surface area contributed by atoms with E-state index in [4.69, 9.17) is 21.4 Å². The largest absolute Gasteiger partial charge is 0.467 e. The van der Waals surface area contributed by atoms with Crippen molar-refractivity contribution >= 4 is 23.0 Å². The van der Waals surface area contributed by atoms with Crippen LogP contribution in [0.25, 0.3) is 0 Å². The second kappa shape index (κ2) is 9.71. The zero-order valence-corrected chi connectivity index (χ0v) is 16.2. The number of furan rings is 1. The molecular formula is C20H28N3O2S+. The van der Waals surface area contributed by atoms with E-state index < -0.39 is 0 Å². The van der Waals surface area contributed by atoms with E-state index in [0.29, 0.717) is 6.54 Å². The minimum absolute atomic E-state index is 0.684. The molecule has 1 saturated heterocycles. The van der Waals surface area contributed by atoms with E-state index >= 15 is 0 Å². The smallest absolute Gasteiger partial charge is 0.173 e. The number of rotatable bonds is 7. The van der Waals surface area contributed by atoms with Crippen molar-refractivity contribution in [2.45, 2.75) is 19.9 Å². The molecule has 1 aliphatic rings. The Labute approximate surface area is 160 Å². The topological polar surface area (TPSA) is 42.1 Å². The highest BCUT2D eigenvalue weighted by Gasteiger charge is 2.16. The minimum Gasteiger partial charge on any atom is -0.467 e. The Balaban J connectivity index is 1.57. The Bertz CT molecular complexity index is 684. The van der Waals surface area contributed by atoms with Crippen LogP contribution in [0.3, 0.4) is 0 Å². The first-order valence-electron chi connectivity index (χ1n) is 9.27. The first-order valence-corrected chi connectivity index (χ1v) is 9.68. The van der Waals surface area contributed by atoms with Gasteiger partial charge in [-0.15, -0.1) is 0 Å². The first-order chi connectivity index (χ1) is 12.7. The molecule has 6 heteroatoms. The lowest BCUT2D eigenvalue weighted by atomic mass is 10.2. The number of nitrogens with zero attached hydrogens (tertiary/aromatic N) is 1. The van der Waals surface area contributed by atoms with Crippen LogP contribution in [0.15, 0.2) is 47.1 Å². The van der Waals surface area contributed by atoms with Gasteiger partial charge in [0.2, 0.25) is 0 Å². The lowest BCUT2D eigenvalue weighted by molar-refractivity contribution is -0.908. The molecular weight excluding hydrogens is 346 g/mol. The van der Waals surface area contributed by atoms with Crippen LogP contribution in [-0.2, 0) is 11.3 Å². The van der Waals surface area contributed by atoms with Crippen molar-refractivity contribution in [3.63, 3.8) is 0 Å². The Morgan fingerprint density at radius 3 is 2.81 bits per heavy atom. The predicted molar refractivity (Wildman–Crippen MR) is 108 cm³/mol. The van der Waals surface area contributed by atoms with Crippen LogP contribution in [-0.4, -0.2) is 49.4 Å². The molecule has 3 rings (SSSR count). The number of aryl methyl sites for hydroxylation is 1. The number of morpholine rings is 1. The summed E-state index contributed by atoms with van der Waals surface area (Å²) in [5, 5.41) is 4.11. The quantitative estimate of drug-likeness (QED) is 0.727. The van der Waals surface area contributed by atoms with Crippen LogP contribution in [0.5, 0.6) is 0 Å². The van der Waals surface area contributed by atoms with Gasteiger partial charge in [-0.1, -0.05) is 12.1 Å². The number of hydrogen-bond donors (Lipinski definition) is 2.